The molecule has 30 heavy (non-hydrogen) atoms. The minimum absolute atomic E-state index is 0.467. The van der Waals surface area contributed by atoms with Crippen molar-refractivity contribution in [2.24, 2.45) is 0 Å². The molecule has 176 valence electrons. The third-order valence-corrected chi connectivity index (χ3v) is 6.37. The molecule has 0 bridgehead atoms. The monoisotopic (exact) mass is 420 g/mol. The normalized spacial score (nSPS) is 12.5. The standard InChI is InChI=1S/C27H52N2O/c1-3-4-5-6-7-8-9-10-11-12-13-14-15-16-17-18-19-20-21-22-24-29-25-23-28-27(29)26(2)30/h23,25-26,30H,3-22,24H2,1-2H3. The molecule has 1 N–H and O–H groups in total. The third-order valence-electron chi connectivity index (χ3n) is 6.37. The van der Waals surface area contributed by atoms with E-state index < -0.39 is 6.10 Å². The van der Waals surface area contributed by atoms with Gasteiger partial charge in [0, 0.05) is 18.9 Å². The third kappa shape index (κ3) is 15.0. The molecule has 0 amide bonds. The van der Waals surface area contributed by atoms with Crippen molar-refractivity contribution in [1.82, 2.24) is 9.55 Å². The first-order valence-electron chi connectivity index (χ1n) is 13.4. The summed E-state index contributed by atoms with van der Waals surface area (Å²) in [6, 6.07) is 0. The quantitative estimate of drug-likeness (QED) is 0.190. The Morgan fingerprint density at radius 1 is 0.667 bits per heavy atom. The largest absolute Gasteiger partial charge is 0.385 e. The second kappa shape index (κ2) is 20.1. The first-order chi connectivity index (χ1) is 14.8. The van der Waals surface area contributed by atoms with Crippen LogP contribution in [0.25, 0.3) is 0 Å². The molecule has 1 rings (SSSR count). The van der Waals surface area contributed by atoms with Crippen molar-refractivity contribution < 1.29 is 5.11 Å². The van der Waals surface area contributed by atoms with E-state index in [1.807, 2.05) is 6.20 Å². The minimum Gasteiger partial charge on any atom is -0.385 e. The van der Waals surface area contributed by atoms with Gasteiger partial charge in [-0.15, -0.1) is 0 Å². The Hall–Kier alpha value is -0.830. The van der Waals surface area contributed by atoms with Crippen LogP contribution in [-0.2, 0) is 6.54 Å². The van der Waals surface area contributed by atoms with Gasteiger partial charge in [-0.3, -0.25) is 0 Å². The summed E-state index contributed by atoms with van der Waals surface area (Å²) in [6.45, 7) is 5.07. The number of nitrogens with zero attached hydrogens (tertiary/aromatic N) is 2. The molecule has 0 aliphatic heterocycles. The molecule has 0 aromatic carbocycles. The zero-order valence-electron chi connectivity index (χ0n) is 20.4. The van der Waals surface area contributed by atoms with Crippen molar-refractivity contribution >= 4 is 0 Å². The van der Waals surface area contributed by atoms with Crippen LogP contribution in [0.3, 0.4) is 0 Å². The van der Waals surface area contributed by atoms with Gasteiger partial charge in [0.15, 0.2) is 0 Å². The van der Waals surface area contributed by atoms with Gasteiger partial charge in [0.25, 0.3) is 0 Å². The molecule has 0 radical (unpaired) electrons. The molecule has 0 spiro atoms. The van der Waals surface area contributed by atoms with Gasteiger partial charge < -0.3 is 9.67 Å². The van der Waals surface area contributed by atoms with Crippen molar-refractivity contribution in [3.63, 3.8) is 0 Å². The molecule has 0 saturated carbocycles. The predicted molar refractivity (Wildman–Crippen MR) is 131 cm³/mol. The van der Waals surface area contributed by atoms with E-state index in [1.54, 1.807) is 13.1 Å². The second-order valence-electron chi connectivity index (χ2n) is 9.37. The number of aryl methyl sites for hydroxylation is 1. The van der Waals surface area contributed by atoms with Crippen LogP contribution in [0.2, 0.25) is 0 Å². The number of hydrogen-bond donors (Lipinski definition) is 1. The van der Waals surface area contributed by atoms with Crippen LogP contribution in [0.5, 0.6) is 0 Å². The van der Waals surface area contributed by atoms with E-state index in [2.05, 4.69) is 16.5 Å². The molecule has 3 heteroatoms. The highest BCUT2D eigenvalue weighted by atomic mass is 16.3. The summed E-state index contributed by atoms with van der Waals surface area (Å²) in [5, 5.41) is 9.68. The predicted octanol–water partition coefficient (Wildman–Crippen LogP) is 8.76. The van der Waals surface area contributed by atoms with Crippen molar-refractivity contribution in [2.45, 2.75) is 155 Å². The molecule has 1 unspecified atom stereocenters. The van der Waals surface area contributed by atoms with Crippen LogP contribution < -0.4 is 0 Å². The molecule has 0 aliphatic rings. The first kappa shape index (κ1) is 27.2. The molecule has 0 fully saturated rings. The van der Waals surface area contributed by atoms with Crippen molar-refractivity contribution in [3.05, 3.63) is 18.2 Å². The van der Waals surface area contributed by atoms with Gasteiger partial charge in [0.05, 0.1) is 0 Å². The molecular weight excluding hydrogens is 368 g/mol. The van der Waals surface area contributed by atoms with Crippen LogP contribution >= 0.6 is 0 Å². The van der Waals surface area contributed by atoms with E-state index in [4.69, 9.17) is 0 Å². The molecule has 1 atom stereocenters. The highest BCUT2D eigenvalue weighted by Gasteiger charge is 2.07. The maximum absolute atomic E-state index is 9.68. The van der Waals surface area contributed by atoms with Crippen molar-refractivity contribution in [3.8, 4) is 0 Å². The number of rotatable bonds is 22. The van der Waals surface area contributed by atoms with Gasteiger partial charge in [-0.1, -0.05) is 129 Å². The van der Waals surface area contributed by atoms with Gasteiger partial charge in [-0.05, 0) is 13.3 Å². The van der Waals surface area contributed by atoms with E-state index >= 15 is 0 Å². The molecule has 1 aromatic rings. The van der Waals surface area contributed by atoms with Gasteiger partial charge in [-0.25, -0.2) is 4.98 Å². The fourth-order valence-electron chi connectivity index (χ4n) is 4.41. The topological polar surface area (TPSA) is 38.0 Å². The molecule has 3 nitrogen and oxygen atoms in total. The molecule has 1 aromatic heterocycles. The number of unbranched alkanes of at least 4 members (excludes halogenated alkanes) is 19. The number of aromatic nitrogens is 2. The highest BCUT2D eigenvalue weighted by Crippen LogP contribution is 2.15. The Kier molecular flexibility index (Phi) is 18.2. The Labute approximate surface area is 188 Å². The average molecular weight is 421 g/mol. The number of aliphatic hydroxyl groups is 1. The van der Waals surface area contributed by atoms with Gasteiger partial charge >= 0.3 is 0 Å². The van der Waals surface area contributed by atoms with Crippen LogP contribution in [0.15, 0.2) is 12.4 Å². The summed E-state index contributed by atoms with van der Waals surface area (Å²) in [5.74, 6) is 0.799. The van der Waals surface area contributed by atoms with Crippen LogP contribution in [0, 0.1) is 0 Å². The van der Waals surface area contributed by atoms with E-state index in [-0.39, 0.29) is 0 Å². The van der Waals surface area contributed by atoms with E-state index in [0.717, 1.165) is 12.4 Å². The Balaban J connectivity index is 1.73. The molecule has 0 aliphatic carbocycles. The van der Waals surface area contributed by atoms with E-state index in [9.17, 15) is 5.11 Å². The SMILES string of the molecule is CCCCCCCCCCCCCCCCCCCCCCn1ccnc1C(C)O. The smallest absolute Gasteiger partial charge is 0.137 e. The lowest BCUT2D eigenvalue weighted by atomic mass is 10.0. The highest BCUT2D eigenvalue weighted by molar-refractivity contribution is 4.94. The number of aliphatic hydroxyl groups excluding tert-OH is 1. The molecule has 1 heterocycles. The molecule has 0 saturated heterocycles. The summed E-state index contributed by atoms with van der Waals surface area (Å²) in [6.07, 6.45) is 31.6. The fourth-order valence-corrected chi connectivity index (χ4v) is 4.41. The van der Waals surface area contributed by atoms with Gasteiger partial charge in [-0.2, -0.15) is 0 Å². The van der Waals surface area contributed by atoms with Crippen LogP contribution in [-0.4, -0.2) is 14.7 Å². The van der Waals surface area contributed by atoms with Gasteiger partial charge in [0.2, 0.25) is 0 Å². The summed E-state index contributed by atoms with van der Waals surface area (Å²) in [5.41, 5.74) is 0. The fraction of sp³-hybridized carbons (Fsp3) is 0.889. The maximum Gasteiger partial charge on any atom is 0.137 e. The maximum atomic E-state index is 9.68. The van der Waals surface area contributed by atoms with Crippen LogP contribution in [0.4, 0.5) is 0 Å². The summed E-state index contributed by atoms with van der Waals surface area (Å²) in [4.78, 5) is 4.23. The molecular formula is C27H52N2O. The summed E-state index contributed by atoms with van der Waals surface area (Å²) >= 11 is 0. The first-order valence-corrected chi connectivity index (χ1v) is 13.4. The lowest BCUT2D eigenvalue weighted by Crippen LogP contribution is -2.06. The van der Waals surface area contributed by atoms with Crippen molar-refractivity contribution in [1.29, 1.82) is 0 Å². The number of imidazole rings is 1. The zero-order chi connectivity index (χ0) is 21.7. The second-order valence-corrected chi connectivity index (χ2v) is 9.37. The average Bonchev–Trinajstić information content (AvgIpc) is 3.21. The zero-order valence-corrected chi connectivity index (χ0v) is 20.4. The minimum atomic E-state index is -0.467. The Bertz CT molecular complexity index is 469. The Morgan fingerprint density at radius 3 is 1.40 bits per heavy atom. The van der Waals surface area contributed by atoms with E-state index in [0.29, 0.717) is 0 Å². The summed E-state index contributed by atoms with van der Waals surface area (Å²) < 4.78 is 2.10. The van der Waals surface area contributed by atoms with Gasteiger partial charge in [0.1, 0.15) is 11.9 Å². The lowest BCUT2D eigenvalue weighted by Gasteiger charge is -2.09. The van der Waals surface area contributed by atoms with Crippen molar-refractivity contribution in [2.75, 3.05) is 0 Å². The summed E-state index contributed by atoms with van der Waals surface area (Å²) in [7, 11) is 0. The number of hydrogen-bond acceptors (Lipinski definition) is 2. The lowest BCUT2D eigenvalue weighted by molar-refractivity contribution is 0.183. The van der Waals surface area contributed by atoms with E-state index in [1.165, 1.54) is 128 Å². The van der Waals surface area contributed by atoms with Crippen LogP contribution in [0.1, 0.15) is 154 Å². The Morgan fingerprint density at radius 2 is 1.03 bits per heavy atom.